The summed E-state index contributed by atoms with van der Waals surface area (Å²) in [7, 11) is 0. The summed E-state index contributed by atoms with van der Waals surface area (Å²) in [5.41, 5.74) is 5.58. The van der Waals surface area contributed by atoms with Gasteiger partial charge >= 0.3 is 0 Å². The summed E-state index contributed by atoms with van der Waals surface area (Å²) >= 11 is 1.67. The van der Waals surface area contributed by atoms with Gasteiger partial charge in [0.1, 0.15) is 0 Å². The number of hydrogen-bond acceptors (Lipinski definition) is 3. The molecule has 0 bridgehead atoms. The number of benzene rings is 2. The lowest BCUT2D eigenvalue weighted by atomic mass is 10.1. The maximum Gasteiger partial charge on any atom is 0.279 e. The molecule has 2 aromatic carbocycles. The van der Waals surface area contributed by atoms with Crippen LogP contribution in [-0.4, -0.2) is 55.2 Å². The molecular formula is C24H32N3O2S+. The van der Waals surface area contributed by atoms with E-state index in [-0.39, 0.29) is 11.8 Å². The molecular weight excluding hydrogens is 394 g/mol. The normalized spacial score (nSPS) is 14.6. The van der Waals surface area contributed by atoms with E-state index in [2.05, 4.69) is 36.5 Å². The van der Waals surface area contributed by atoms with Crippen molar-refractivity contribution in [3.05, 3.63) is 64.7 Å². The van der Waals surface area contributed by atoms with Crippen molar-refractivity contribution in [2.45, 2.75) is 26.5 Å². The van der Waals surface area contributed by atoms with E-state index >= 15 is 0 Å². The molecule has 1 heterocycles. The second kappa shape index (κ2) is 10.6. The van der Waals surface area contributed by atoms with Crippen molar-refractivity contribution in [2.24, 2.45) is 0 Å². The van der Waals surface area contributed by atoms with Crippen LogP contribution in [0.15, 0.2) is 42.5 Å². The molecule has 5 nitrogen and oxygen atoms in total. The highest BCUT2D eigenvalue weighted by molar-refractivity contribution is 7.99. The average molecular weight is 427 g/mol. The second-order valence-corrected chi connectivity index (χ2v) is 9.09. The minimum Gasteiger partial charge on any atom is -0.331 e. The molecule has 0 atom stereocenters. The molecule has 2 N–H and O–H groups in total. The number of hydrogen-bond donors (Lipinski definition) is 2. The van der Waals surface area contributed by atoms with E-state index in [9.17, 15) is 9.59 Å². The third kappa shape index (κ3) is 6.34. The third-order valence-electron chi connectivity index (χ3n) is 5.59. The summed E-state index contributed by atoms with van der Waals surface area (Å²) in [4.78, 5) is 28.2. The Morgan fingerprint density at radius 1 is 1.00 bits per heavy atom. The molecule has 0 unspecified atom stereocenters. The van der Waals surface area contributed by atoms with Crippen LogP contribution in [0.5, 0.6) is 0 Å². The average Bonchev–Trinajstić information content (AvgIpc) is 2.73. The van der Waals surface area contributed by atoms with E-state index in [0.717, 1.165) is 48.7 Å². The van der Waals surface area contributed by atoms with Crippen molar-refractivity contribution in [1.82, 2.24) is 4.90 Å². The fourth-order valence-electron chi connectivity index (χ4n) is 3.70. The minimum absolute atomic E-state index is 0.0378. The number of aryl methyl sites for hydroxylation is 3. The van der Waals surface area contributed by atoms with Gasteiger partial charge in [-0.2, -0.15) is 0 Å². The second-order valence-electron chi connectivity index (χ2n) is 8.10. The van der Waals surface area contributed by atoms with E-state index < -0.39 is 0 Å². The number of para-hydroxylation sites is 1. The zero-order valence-corrected chi connectivity index (χ0v) is 19.0. The van der Waals surface area contributed by atoms with Crippen molar-refractivity contribution >= 4 is 29.3 Å². The summed E-state index contributed by atoms with van der Waals surface area (Å²) < 4.78 is 0. The van der Waals surface area contributed by atoms with Crippen LogP contribution in [0.3, 0.4) is 0 Å². The highest BCUT2D eigenvalue weighted by atomic mass is 32.2. The van der Waals surface area contributed by atoms with E-state index in [1.807, 2.05) is 36.9 Å². The number of carbonyl (C=O) groups is 2. The summed E-state index contributed by atoms with van der Waals surface area (Å²) in [6.45, 7) is 9.61. The van der Waals surface area contributed by atoms with Crippen LogP contribution in [-0.2, 0) is 15.3 Å². The highest BCUT2D eigenvalue weighted by Crippen LogP contribution is 2.19. The topological polar surface area (TPSA) is 53.9 Å². The highest BCUT2D eigenvalue weighted by Gasteiger charge is 2.25. The van der Waals surface area contributed by atoms with Crippen LogP contribution in [0.2, 0.25) is 0 Å². The maximum atomic E-state index is 12.5. The summed E-state index contributed by atoms with van der Waals surface area (Å²) in [6.07, 6.45) is 0. The third-order valence-corrected chi connectivity index (χ3v) is 6.58. The van der Waals surface area contributed by atoms with Crippen LogP contribution in [0.1, 0.15) is 22.3 Å². The molecule has 2 aromatic rings. The van der Waals surface area contributed by atoms with Gasteiger partial charge in [0.15, 0.2) is 6.54 Å². The first kappa shape index (κ1) is 22.4. The fourth-order valence-corrected chi connectivity index (χ4v) is 4.59. The van der Waals surface area contributed by atoms with Gasteiger partial charge < -0.3 is 15.1 Å². The molecule has 1 fully saturated rings. The Kier molecular flexibility index (Phi) is 7.94. The molecule has 160 valence electrons. The van der Waals surface area contributed by atoms with Crippen LogP contribution in [0.4, 0.5) is 5.69 Å². The molecule has 0 aliphatic carbocycles. The van der Waals surface area contributed by atoms with Gasteiger partial charge in [-0.1, -0.05) is 48.0 Å². The lowest BCUT2D eigenvalue weighted by Crippen LogP contribution is -3.15. The molecule has 6 heteroatoms. The number of nitrogens with one attached hydrogen (secondary N) is 2. The summed E-state index contributed by atoms with van der Waals surface area (Å²) in [5.74, 6) is 1.60. The molecule has 30 heavy (non-hydrogen) atoms. The molecule has 2 amide bonds. The molecule has 1 saturated heterocycles. The minimum atomic E-state index is 0.0378. The molecule has 1 aliphatic rings. The lowest BCUT2D eigenvalue weighted by Gasteiger charge is -2.32. The van der Waals surface area contributed by atoms with E-state index in [1.165, 1.54) is 16.0 Å². The van der Waals surface area contributed by atoms with Gasteiger partial charge in [0.05, 0.1) is 31.9 Å². The van der Waals surface area contributed by atoms with Crippen molar-refractivity contribution < 1.29 is 14.5 Å². The number of nitrogens with zero attached hydrogens (tertiary/aromatic N) is 1. The SMILES string of the molecule is Cc1ccc(CSCC(=O)N2CC[NH+](CC(=O)Nc3c(C)cccc3C)CC2)cc1. The largest absolute Gasteiger partial charge is 0.331 e. The van der Waals surface area contributed by atoms with Crippen LogP contribution < -0.4 is 10.2 Å². The molecule has 1 aliphatic heterocycles. The molecule has 3 rings (SSSR count). The van der Waals surface area contributed by atoms with Crippen molar-refractivity contribution in [2.75, 3.05) is 43.8 Å². The number of carbonyl (C=O) groups excluding carboxylic acids is 2. The zero-order valence-electron chi connectivity index (χ0n) is 18.2. The van der Waals surface area contributed by atoms with Gasteiger partial charge in [-0.3, -0.25) is 9.59 Å². The first-order chi connectivity index (χ1) is 14.4. The van der Waals surface area contributed by atoms with Crippen LogP contribution in [0.25, 0.3) is 0 Å². The van der Waals surface area contributed by atoms with Gasteiger partial charge in [-0.15, -0.1) is 11.8 Å². The fraction of sp³-hybridized carbons (Fsp3) is 0.417. The van der Waals surface area contributed by atoms with Gasteiger partial charge in [0.2, 0.25) is 5.91 Å². The number of anilines is 1. The van der Waals surface area contributed by atoms with Crippen molar-refractivity contribution in [3.63, 3.8) is 0 Å². The first-order valence-electron chi connectivity index (χ1n) is 10.5. The van der Waals surface area contributed by atoms with Crippen molar-refractivity contribution in [1.29, 1.82) is 0 Å². The van der Waals surface area contributed by atoms with Crippen molar-refractivity contribution in [3.8, 4) is 0 Å². The standard InChI is InChI=1S/C24H31N3O2S/c1-18-7-9-21(10-8-18)16-30-17-23(29)27-13-11-26(12-14-27)15-22(28)25-24-19(2)5-4-6-20(24)3/h4-10H,11-17H2,1-3H3,(H,25,28)/p+1. The number of thioether (sulfide) groups is 1. The number of quaternary nitrogens is 1. The zero-order chi connectivity index (χ0) is 21.5. The van der Waals surface area contributed by atoms with E-state index in [0.29, 0.717) is 12.3 Å². The summed E-state index contributed by atoms with van der Waals surface area (Å²) in [6, 6.07) is 14.5. The monoisotopic (exact) mass is 426 g/mol. The molecule has 0 spiro atoms. The van der Waals surface area contributed by atoms with E-state index in [4.69, 9.17) is 0 Å². The molecule has 0 saturated carbocycles. The van der Waals surface area contributed by atoms with Gasteiger partial charge in [0.25, 0.3) is 5.91 Å². The van der Waals surface area contributed by atoms with Crippen LogP contribution in [0, 0.1) is 20.8 Å². The Balaban J connectivity index is 1.38. The number of rotatable bonds is 7. The van der Waals surface area contributed by atoms with Gasteiger partial charge in [0, 0.05) is 11.4 Å². The quantitative estimate of drug-likeness (QED) is 0.714. The Morgan fingerprint density at radius 2 is 1.63 bits per heavy atom. The Hall–Kier alpha value is -2.31. The lowest BCUT2D eigenvalue weighted by molar-refractivity contribution is -0.895. The Bertz CT molecular complexity index is 854. The molecule has 0 radical (unpaired) electrons. The Labute approximate surface area is 183 Å². The predicted molar refractivity (Wildman–Crippen MR) is 124 cm³/mol. The Morgan fingerprint density at radius 3 is 2.27 bits per heavy atom. The number of piperazine rings is 1. The van der Waals surface area contributed by atoms with E-state index in [1.54, 1.807) is 11.8 Å². The molecule has 0 aromatic heterocycles. The smallest absolute Gasteiger partial charge is 0.279 e. The predicted octanol–water partition coefficient (Wildman–Crippen LogP) is 2.21. The first-order valence-corrected chi connectivity index (χ1v) is 11.7. The van der Waals surface area contributed by atoms with Crippen LogP contribution >= 0.6 is 11.8 Å². The maximum absolute atomic E-state index is 12.5. The summed E-state index contributed by atoms with van der Waals surface area (Å²) in [5, 5.41) is 3.06. The van der Waals surface area contributed by atoms with Gasteiger partial charge in [-0.25, -0.2) is 0 Å². The number of amides is 2. The van der Waals surface area contributed by atoms with Gasteiger partial charge in [-0.05, 0) is 37.5 Å².